The van der Waals surface area contributed by atoms with E-state index in [2.05, 4.69) is 20.8 Å². The van der Waals surface area contributed by atoms with Crippen LogP contribution in [0.2, 0.25) is 0 Å². The van der Waals surface area contributed by atoms with Crippen LogP contribution in [-0.2, 0) is 0 Å². The monoisotopic (exact) mass is 384 g/mol. The molecule has 2 heterocycles. The molecule has 1 aliphatic rings. The zero-order valence-corrected chi connectivity index (χ0v) is 14.9. The van der Waals surface area contributed by atoms with E-state index < -0.39 is 11.6 Å². The fourth-order valence-corrected chi connectivity index (χ4v) is 3.47. The van der Waals surface area contributed by atoms with Gasteiger partial charge in [0.25, 0.3) is 5.91 Å². The molecular weight excluding hydrogens is 366 g/mol. The van der Waals surface area contributed by atoms with Gasteiger partial charge in [-0.3, -0.25) is 4.79 Å². The standard InChI is InChI=1S/C20H18F2N4O2/c21-16-6-5-14(9-17(16)22)15-7-8-23-10-18(15)25-20(27)13-3-1-12(2-4-13)19-24-11-28-26-19/h1-6,9,11,15,18,23H,7-8,10H2,(H,25,27). The van der Waals surface area contributed by atoms with Crippen molar-refractivity contribution in [3.05, 3.63) is 71.6 Å². The summed E-state index contributed by atoms with van der Waals surface area (Å²) in [6, 6.07) is 10.5. The smallest absolute Gasteiger partial charge is 0.251 e. The summed E-state index contributed by atoms with van der Waals surface area (Å²) in [6.45, 7) is 1.30. The highest BCUT2D eigenvalue weighted by atomic mass is 19.2. The van der Waals surface area contributed by atoms with E-state index in [0.717, 1.165) is 18.2 Å². The van der Waals surface area contributed by atoms with Crippen LogP contribution in [0.1, 0.15) is 28.3 Å². The molecule has 2 N–H and O–H groups in total. The molecule has 144 valence electrons. The van der Waals surface area contributed by atoms with Crippen molar-refractivity contribution in [2.75, 3.05) is 13.1 Å². The van der Waals surface area contributed by atoms with Crippen LogP contribution in [0.25, 0.3) is 11.4 Å². The van der Waals surface area contributed by atoms with E-state index in [-0.39, 0.29) is 17.9 Å². The number of halogens is 2. The zero-order chi connectivity index (χ0) is 19.5. The first kappa shape index (κ1) is 18.2. The van der Waals surface area contributed by atoms with Crippen molar-refractivity contribution < 1.29 is 18.1 Å². The average Bonchev–Trinajstić information content (AvgIpc) is 3.25. The van der Waals surface area contributed by atoms with Crippen molar-refractivity contribution in [1.82, 2.24) is 20.8 Å². The van der Waals surface area contributed by atoms with Gasteiger partial charge in [0.15, 0.2) is 11.6 Å². The summed E-state index contributed by atoms with van der Waals surface area (Å²) in [4.78, 5) is 16.7. The van der Waals surface area contributed by atoms with Crippen LogP contribution in [0.5, 0.6) is 0 Å². The Morgan fingerprint density at radius 2 is 1.96 bits per heavy atom. The number of hydrogen-bond acceptors (Lipinski definition) is 5. The van der Waals surface area contributed by atoms with Gasteiger partial charge in [0, 0.05) is 29.6 Å². The molecule has 1 fully saturated rings. The van der Waals surface area contributed by atoms with Crippen LogP contribution in [0.4, 0.5) is 8.78 Å². The second-order valence-corrected chi connectivity index (χ2v) is 6.68. The summed E-state index contributed by atoms with van der Waals surface area (Å²) in [6.07, 6.45) is 1.96. The Kier molecular flexibility index (Phi) is 5.12. The van der Waals surface area contributed by atoms with Gasteiger partial charge in [-0.15, -0.1) is 0 Å². The van der Waals surface area contributed by atoms with Crippen LogP contribution >= 0.6 is 0 Å². The van der Waals surface area contributed by atoms with Gasteiger partial charge in [0.1, 0.15) is 0 Å². The summed E-state index contributed by atoms with van der Waals surface area (Å²) < 4.78 is 31.6. The fourth-order valence-electron chi connectivity index (χ4n) is 3.47. The van der Waals surface area contributed by atoms with Gasteiger partial charge in [0.2, 0.25) is 12.2 Å². The molecule has 2 aromatic carbocycles. The first-order valence-corrected chi connectivity index (χ1v) is 8.95. The number of carbonyl (C=O) groups is 1. The van der Waals surface area contributed by atoms with Crippen LogP contribution in [0, 0.1) is 11.6 Å². The molecule has 0 saturated carbocycles. The van der Waals surface area contributed by atoms with Gasteiger partial charge < -0.3 is 15.2 Å². The zero-order valence-electron chi connectivity index (χ0n) is 14.9. The maximum Gasteiger partial charge on any atom is 0.251 e. The molecule has 28 heavy (non-hydrogen) atoms. The molecule has 2 atom stereocenters. The molecule has 0 radical (unpaired) electrons. The second-order valence-electron chi connectivity index (χ2n) is 6.68. The number of amides is 1. The van der Waals surface area contributed by atoms with Gasteiger partial charge in [-0.05, 0) is 42.8 Å². The number of aromatic nitrogens is 2. The van der Waals surface area contributed by atoms with E-state index in [0.29, 0.717) is 29.9 Å². The lowest BCUT2D eigenvalue weighted by Gasteiger charge is -2.33. The van der Waals surface area contributed by atoms with Crippen LogP contribution in [-0.4, -0.2) is 35.2 Å². The Morgan fingerprint density at radius 3 is 2.68 bits per heavy atom. The number of nitrogens with zero attached hydrogens (tertiary/aromatic N) is 2. The minimum Gasteiger partial charge on any atom is -0.347 e. The van der Waals surface area contributed by atoms with Crippen molar-refractivity contribution in [1.29, 1.82) is 0 Å². The number of carbonyl (C=O) groups excluding carboxylic acids is 1. The fraction of sp³-hybridized carbons (Fsp3) is 0.250. The second kappa shape index (κ2) is 7.85. The molecule has 1 amide bonds. The van der Waals surface area contributed by atoms with Gasteiger partial charge in [0.05, 0.1) is 0 Å². The van der Waals surface area contributed by atoms with Crippen molar-refractivity contribution in [2.45, 2.75) is 18.4 Å². The first-order valence-electron chi connectivity index (χ1n) is 8.95. The Hall–Kier alpha value is -3.13. The SMILES string of the molecule is O=C(NC1CNCCC1c1ccc(F)c(F)c1)c1ccc(-c2ncon2)cc1. The third kappa shape index (κ3) is 3.77. The molecule has 0 spiro atoms. The Morgan fingerprint density at radius 1 is 1.14 bits per heavy atom. The molecule has 8 heteroatoms. The van der Waals surface area contributed by atoms with Gasteiger partial charge in [-0.2, -0.15) is 4.98 Å². The largest absolute Gasteiger partial charge is 0.347 e. The lowest BCUT2D eigenvalue weighted by atomic mass is 9.85. The normalized spacial score (nSPS) is 19.4. The van der Waals surface area contributed by atoms with Gasteiger partial charge >= 0.3 is 0 Å². The maximum absolute atomic E-state index is 13.6. The van der Waals surface area contributed by atoms with Crippen molar-refractivity contribution in [3.8, 4) is 11.4 Å². The minimum absolute atomic E-state index is 0.0982. The Labute approximate surface area is 160 Å². The highest BCUT2D eigenvalue weighted by Crippen LogP contribution is 2.27. The topological polar surface area (TPSA) is 80.0 Å². The molecule has 1 saturated heterocycles. The predicted octanol–water partition coefficient (Wildman–Crippen LogP) is 2.89. The van der Waals surface area contributed by atoms with Crippen molar-refractivity contribution >= 4 is 5.91 Å². The number of piperidine rings is 1. The van der Waals surface area contributed by atoms with Crippen LogP contribution in [0.3, 0.4) is 0 Å². The average molecular weight is 384 g/mol. The highest BCUT2D eigenvalue weighted by molar-refractivity contribution is 5.94. The number of benzene rings is 2. The number of hydrogen-bond donors (Lipinski definition) is 2. The molecule has 1 aromatic heterocycles. The molecule has 1 aliphatic heterocycles. The van der Waals surface area contributed by atoms with Gasteiger partial charge in [-0.25, -0.2) is 8.78 Å². The highest BCUT2D eigenvalue weighted by Gasteiger charge is 2.28. The van der Waals surface area contributed by atoms with Crippen molar-refractivity contribution in [2.24, 2.45) is 0 Å². The summed E-state index contributed by atoms with van der Waals surface area (Å²) in [5, 5.41) is 10.00. The number of nitrogens with one attached hydrogen (secondary N) is 2. The van der Waals surface area contributed by atoms with E-state index in [1.54, 1.807) is 30.3 Å². The lowest BCUT2D eigenvalue weighted by molar-refractivity contribution is 0.0924. The molecule has 0 bridgehead atoms. The quantitative estimate of drug-likeness (QED) is 0.723. The lowest BCUT2D eigenvalue weighted by Crippen LogP contribution is -2.50. The van der Waals surface area contributed by atoms with E-state index in [9.17, 15) is 13.6 Å². The summed E-state index contributed by atoms with van der Waals surface area (Å²) >= 11 is 0. The first-order chi connectivity index (χ1) is 13.6. The van der Waals surface area contributed by atoms with E-state index in [1.807, 2.05) is 0 Å². The third-order valence-corrected chi connectivity index (χ3v) is 4.94. The van der Waals surface area contributed by atoms with E-state index >= 15 is 0 Å². The molecule has 2 unspecified atom stereocenters. The van der Waals surface area contributed by atoms with Crippen LogP contribution < -0.4 is 10.6 Å². The molecule has 3 aromatic rings. The molecule has 6 nitrogen and oxygen atoms in total. The number of rotatable bonds is 4. The Balaban J connectivity index is 1.49. The van der Waals surface area contributed by atoms with Gasteiger partial charge in [-0.1, -0.05) is 23.4 Å². The van der Waals surface area contributed by atoms with E-state index in [4.69, 9.17) is 4.52 Å². The summed E-state index contributed by atoms with van der Waals surface area (Å²) in [7, 11) is 0. The Bertz CT molecular complexity index is 961. The molecule has 4 rings (SSSR count). The van der Waals surface area contributed by atoms with Crippen LogP contribution in [0.15, 0.2) is 53.4 Å². The summed E-state index contributed by atoms with van der Waals surface area (Å²) in [5.41, 5.74) is 1.91. The molecular formula is C20H18F2N4O2. The van der Waals surface area contributed by atoms with E-state index in [1.165, 1.54) is 12.5 Å². The summed E-state index contributed by atoms with van der Waals surface area (Å²) in [5.74, 6) is -1.64. The maximum atomic E-state index is 13.6. The third-order valence-electron chi connectivity index (χ3n) is 4.94. The minimum atomic E-state index is -0.877. The molecule has 0 aliphatic carbocycles. The predicted molar refractivity (Wildman–Crippen MR) is 97.6 cm³/mol. The van der Waals surface area contributed by atoms with Crippen molar-refractivity contribution in [3.63, 3.8) is 0 Å².